The monoisotopic (exact) mass is 283 g/mol. The van der Waals surface area contributed by atoms with Gasteiger partial charge in [0.05, 0.1) is 6.20 Å². The number of rotatable bonds is 3. The second-order valence-electron chi connectivity index (χ2n) is 3.76. The minimum absolute atomic E-state index is 0.708. The Balaban J connectivity index is 2.08. The summed E-state index contributed by atoms with van der Waals surface area (Å²) in [7, 11) is 1.90. The van der Waals surface area contributed by atoms with Crippen LogP contribution in [-0.2, 0) is 13.6 Å². The fourth-order valence-electron chi connectivity index (χ4n) is 1.42. The van der Waals surface area contributed by atoms with Gasteiger partial charge in [0.15, 0.2) is 5.82 Å². The molecule has 0 radical (unpaired) electrons. The van der Waals surface area contributed by atoms with E-state index in [9.17, 15) is 0 Å². The highest BCUT2D eigenvalue weighted by atomic mass is 79.9. The second kappa shape index (κ2) is 4.29. The van der Waals surface area contributed by atoms with E-state index in [1.165, 1.54) is 0 Å². The van der Waals surface area contributed by atoms with Gasteiger partial charge in [0, 0.05) is 30.4 Å². The maximum absolute atomic E-state index is 4.19. The molecule has 0 atom stereocenters. The lowest BCUT2D eigenvalue weighted by Gasteiger charge is -2.03. The summed E-state index contributed by atoms with van der Waals surface area (Å²) in [5.41, 5.74) is 3.36. The van der Waals surface area contributed by atoms with Crippen LogP contribution in [0.2, 0.25) is 0 Å². The third kappa shape index (κ3) is 1.97. The summed E-state index contributed by atoms with van der Waals surface area (Å²) in [5, 5.41) is 14.6. The molecular formula is C10H14BrN5. The summed E-state index contributed by atoms with van der Waals surface area (Å²) < 4.78 is 2.78. The van der Waals surface area contributed by atoms with E-state index >= 15 is 0 Å². The molecule has 86 valence electrons. The fraction of sp³-hybridized carbons (Fsp3) is 0.400. The molecule has 2 aromatic rings. The van der Waals surface area contributed by atoms with Crippen LogP contribution in [0, 0.1) is 13.8 Å². The molecule has 0 fully saturated rings. The third-order valence-corrected chi connectivity index (χ3v) is 3.66. The average Bonchev–Trinajstić information content (AvgIpc) is 2.74. The number of halogens is 1. The lowest BCUT2D eigenvalue weighted by atomic mass is 10.2. The van der Waals surface area contributed by atoms with Gasteiger partial charge < -0.3 is 5.32 Å². The van der Waals surface area contributed by atoms with Crippen molar-refractivity contribution in [3.63, 3.8) is 0 Å². The molecule has 6 heteroatoms. The van der Waals surface area contributed by atoms with Gasteiger partial charge in [-0.15, -0.1) is 0 Å². The maximum Gasteiger partial charge on any atom is 0.151 e. The molecule has 0 amide bonds. The standard InChI is InChI=1S/C10H14BrN5/c1-6-7(2)14-15-10(6)12-4-8-5-13-16(3)9(8)11/h5H,4H2,1-3H3,(H2,12,14,15). The predicted octanol–water partition coefficient (Wildman–Crippen LogP) is 2.13. The van der Waals surface area contributed by atoms with Crippen molar-refractivity contribution in [2.75, 3.05) is 5.32 Å². The van der Waals surface area contributed by atoms with E-state index in [0.717, 1.165) is 27.2 Å². The topological polar surface area (TPSA) is 58.5 Å². The Morgan fingerprint density at radius 3 is 2.75 bits per heavy atom. The van der Waals surface area contributed by atoms with E-state index in [4.69, 9.17) is 0 Å². The number of H-pyrrole nitrogens is 1. The van der Waals surface area contributed by atoms with Crippen molar-refractivity contribution in [3.8, 4) is 0 Å². The normalized spacial score (nSPS) is 10.8. The molecule has 2 aromatic heterocycles. The van der Waals surface area contributed by atoms with Crippen LogP contribution in [0.15, 0.2) is 10.8 Å². The SMILES string of the molecule is Cc1[nH]nc(NCc2cnn(C)c2Br)c1C. The van der Waals surface area contributed by atoms with Crippen LogP contribution in [0.3, 0.4) is 0 Å². The zero-order valence-corrected chi connectivity index (χ0v) is 11.1. The van der Waals surface area contributed by atoms with Gasteiger partial charge in [-0.1, -0.05) is 0 Å². The molecule has 0 aromatic carbocycles. The molecule has 2 rings (SSSR count). The van der Waals surface area contributed by atoms with Gasteiger partial charge in [0.2, 0.25) is 0 Å². The molecule has 0 aliphatic rings. The lowest BCUT2D eigenvalue weighted by molar-refractivity contribution is 0.748. The number of nitrogens with zero attached hydrogens (tertiary/aromatic N) is 3. The molecule has 0 bridgehead atoms. The average molecular weight is 284 g/mol. The van der Waals surface area contributed by atoms with Gasteiger partial charge >= 0.3 is 0 Å². The number of aromatic amines is 1. The minimum atomic E-state index is 0.708. The van der Waals surface area contributed by atoms with Gasteiger partial charge in [-0.25, -0.2) is 0 Å². The minimum Gasteiger partial charge on any atom is -0.364 e. The Morgan fingerprint density at radius 2 is 2.25 bits per heavy atom. The summed E-state index contributed by atoms with van der Waals surface area (Å²) in [6.45, 7) is 4.76. The van der Waals surface area contributed by atoms with Gasteiger partial charge in [-0.3, -0.25) is 9.78 Å². The smallest absolute Gasteiger partial charge is 0.151 e. The summed E-state index contributed by atoms with van der Waals surface area (Å²) in [5.74, 6) is 0.897. The van der Waals surface area contributed by atoms with Crippen LogP contribution in [0.25, 0.3) is 0 Å². The predicted molar refractivity (Wildman–Crippen MR) is 66.3 cm³/mol. The van der Waals surface area contributed by atoms with E-state index in [1.54, 1.807) is 4.68 Å². The quantitative estimate of drug-likeness (QED) is 0.907. The number of anilines is 1. The van der Waals surface area contributed by atoms with Crippen LogP contribution in [0.1, 0.15) is 16.8 Å². The number of aromatic nitrogens is 4. The third-order valence-electron chi connectivity index (χ3n) is 2.64. The van der Waals surface area contributed by atoms with Crippen molar-refractivity contribution in [1.29, 1.82) is 0 Å². The molecule has 0 saturated carbocycles. The van der Waals surface area contributed by atoms with Crippen LogP contribution in [0.4, 0.5) is 5.82 Å². The second-order valence-corrected chi connectivity index (χ2v) is 4.51. The molecule has 0 aliphatic heterocycles. The Kier molecular flexibility index (Phi) is 3.00. The van der Waals surface area contributed by atoms with Crippen molar-refractivity contribution in [1.82, 2.24) is 20.0 Å². The molecule has 16 heavy (non-hydrogen) atoms. The summed E-state index contributed by atoms with van der Waals surface area (Å²) in [6, 6.07) is 0. The summed E-state index contributed by atoms with van der Waals surface area (Å²) >= 11 is 3.48. The molecule has 0 spiro atoms. The molecule has 2 heterocycles. The van der Waals surface area contributed by atoms with Gasteiger partial charge in [0.1, 0.15) is 4.60 Å². The van der Waals surface area contributed by atoms with Crippen LogP contribution in [-0.4, -0.2) is 20.0 Å². The van der Waals surface area contributed by atoms with Gasteiger partial charge in [-0.05, 0) is 29.8 Å². The van der Waals surface area contributed by atoms with Gasteiger partial charge in [0.25, 0.3) is 0 Å². The van der Waals surface area contributed by atoms with Crippen molar-refractivity contribution >= 4 is 21.7 Å². The van der Waals surface area contributed by atoms with Gasteiger partial charge in [-0.2, -0.15) is 10.2 Å². The summed E-state index contributed by atoms with van der Waals surface area (Å²) in [6.07, 6.45) is 1.84. The molecule has 2 N–H and O–H groups in total. The lowest BCUT2D eigenvalue weighted by Crippen LogP contribution is -2.01. The van der Waals surface area contributed by atoms with Crippen molar-refractivity contribution in [3.05, 3.63) is 27.6 Å². The highest BCUT2D eigenvalue weighted by molar-refractivity contribution is 9.10. The first kappa shape index (κ1) is 11.2. The highest BCUT2D eigenvalue weighted by Crippen LogP contribution is 2.18. The van der Waals surface area contributed by atoms with Crippen LogP contribution in [0.5, 0.6) is 0 Å². The largest absolute Gasteiger partial charge is 0.364 e. The number of aryl methyl sites for hydroxylation is 2. The first-order valence-corrected chi connectivity index (χ1v) is 5.80. The van der Waals surface area contributed by atoms with Crippen LogP contribution < -0.4 is 5.32 Å². The van der Waals surface area contributed by atoms with E-state index in [2.05, 4.69) is 36.5 Å². The number of hydrogen-bond donors (Lipinski definition) is 2. The first-order valence-electron chi connectivity index (χ1n) is 5.01. The van der Waals surface area contributed by atoms with Crippen molar-refractivity contribution in [2.45, 2.75) is 20.4 Å². The Labute approximate surface area is 102 Å². The van der Waals surface area contributed by atoms with E-state index in [1.807, 2.05) is 27.1 Å². The Bertz CT molecular complexity index is 453. The molecule has 0 unspecified atom stereocenters. The molecule has 5 nitrogen and oxygen atoms in total. The highest BCUT2D eigenvalue weighted by Gasteiger charge is 2.08. The fourth-order valence-corrected chi connectivity index (χ4v) is 1.76. The molecular weight excluding hydrogens is 270 g/mol. The maximum atomic E-state index is 4.19. The Morgan fingerprint density at radius 1 is 1.50 bits per heavy atom. The number of nitrogens with one attached hydrogen (secondary N) is 2. The first-order chi connectivity index (χ1) is 7.59. The molecule has 0 saturated heterocycles. The summed E-state index contributed by atoms with van der Waals surface area (Å²) in [4.78, 5) is 0. The van der Waals surface area contributed by atoms with Crippen LogP contribution >= 0.6 is 15.9 Å². The van der Waals surface area contributed by atoms with E-state index in [-0.39, 0.29) is 0 Å². The number of hydrogen-bond acceptors (Lipinski definition) is 3. The molecule has 0 aliphatic carbocycles. The zero-order chi connectivity index (χ0) is 11.7. The van der Waals surface area contributed by atoms with E-state index in [0.29, 0.717) is 6.54 Å². The van der Waals surface area contributed by atoms with Crippen molar-refractivity contribution in [2.24, 2.45) is 7.05 Å². The Hall–Kier alpha value is -1.30. The van der Waals surface area contributed by atoms with E-state index < -0.39 is 0 Å². The zero-order valence-electron chi connectivity index (χ0n) is 9.50. The van der Waals surface area contributed by atoms with Crippen molar-refractivity contribution < 1.29 is 0 Å².